The molecule has 7 heteroatoms. The number of fused-ring (bicyclic) bond motifs is 9. The van der Waals surface area contributed by atoms with Crippen molar-refractivity contribution >= 4 is 76.7 Å². The predicted octanol–water partition coefficient (Wildman–Crippen LogP) is 9.22. The van der Waals surface area contributed by atoms with Crippen molar-refractivity contribution in [1.82, 2.24) is 5.32 Å². The quantitative estimate of drug-likeness (QED) is 0.209. The Morgan fingerprint density at radius 2 is 1.31 bits per heavy atom. The van der Waals surface area contributed by atoms with Gasteiger partial charge in [-0.05, 0) is 35.9 Å². The highest BCUT2D eigenvalue weighted by atomic mass is 32.1. The molecule has 0 amide bonds. The molecule has 1 N–H and O–H groups in total. The summed E-state index contributed by atoms with van der Waals surface area (Å²) in [5.74, 6) is 0.816. The van der Waals surface area contributed by atoms with Gasteiger partial charge in [-0.3, -0.25) is 9.59 Å². The maximum absolute atomic E-state index is 13.7. The first kappa shape index (κ1) is 27.0. The minimum Gasteiger partial charge on any atom is -0.455 e. The molecule has 1 atom stereocenters. The SMILES string of the molecule is O=C1c2ccccc2C(=O)c2cc(C3=NC(c4ccccc4)NC(c4cc5c6ccccc6oc5c5c4sc4ccccc45)=N3)ccc21. The number of furan rings is 1. The van der Waals surface area contributed by atoms with E-state index in [1.54, 1.807) is 47.7 Å². The molecule has 48 heavy (non-hydrogen) atoms. The van der Waals surface area contributed by atoms with E-state index in [2.05, 4.69) is 41.7 Å². The Labute approximate surface area is 277 Å². The summed E-state index contributed by atoms with van der Waals surface area (Å²) in [4.78, 5) is 37.2. The van der Waals surface area contributed by atoms with E-state index in [0.717, 1.165) is 53.2 Å². The fourth-order valence-electron chi connectivity index (χ4n) is 7.00. The van der Waals surface area contributed by atoms with Crippen molar-refractivity contribution in [2.24, 2.45) is 9.98 Å². The van der Waals surface area contributed by atoms with Crippen LogP contribution in [0.3, 0.4) is 0 Å². The molecule has 6 aromatic carbocycles. The number of nitrogens with zero attached hydrogens (tertiary/aromatic N) is 2. The van der Waals surface area contributed by atoms with Crippen LogP contribution in [0.2, 0.25) is 0 Å². The van der Waals surface area contributed by atoms with Gasteiger partial charge in [-0.1, -0.05) is 97.1 Å². The van der Waals surface area contributed by atoms with Crippen LogP contribution in [-0.4, -0.2) is 23.2 Å². The molecular formula is C41H23N3O3S. The van der Waals surface area contributed by atoms with Crippen LogP contribution in [0.1, 0.15) is 54.7 Å². The van der Waals surface area contributed by atoms with Crippen molar-refractivity contribution in [3.8, 4) is 0 Å². The number of nitrogens with one attached hydrogen (secondary N) is 1. The molecule has 3 heterocycles. The molecule has 0 radical (unpaired) electrons. The van der Waals surface area contributed by atoms with Crippen LogP contribution < -0.4 is 5.32 Å². The first-order valence-corrected chi connectivity index (χ1v) is 16.5. The van der Waals surface area contributed by atoms with Crippen LogP contribution in [0.25, 0.3) is 42.1 Å². The van der Waals surface area contributed by atoms with Gasteiger partial charge in [0.2, 0.25) is 0 Å². The Morgan fingerprint density at radius 1 is 0.625 bits per heavy atom. The molecule has 0 saturated carbocycles. The molecule has 2 aliphatic rings. The Morgan fingerprint density at radius 3 is 2.15 bits per heavy atom. The zero-order valence-corrected chi connectivity index (χ0v) is 26.0. The van der Waals surface area contributed by atoms with Crippen molar-refractivity contribution in [2.45, 2.75) is 6.17 Å². The van der Waals surface area contributed by atoms with Gasteiger partial charge in [0.15, 0.2) is 17.4 Å². The predicted molar refractivity (Wildman–Crippen MR) is 192 cm³/mol. The molecule has 10 rings (SSSR count). The number of thiophene rings is 1. The number of ketones is 2. The Balaban J connectivity index is 1.21. The molecule has 1 aliphatic carbocycles. The van der Waals surface area contributed by atoms with Gasteiger partial charge in [0, 0.05) is 59.6 Å². The largest absolute Gasteiger partial charge is 0.455 e. The van der Waals surface area contributed by atoms with Crippen molar-refractivity contribution in [2.75, 3.05) is 0 Å². The van der Waals surface area contributed by atoms with E-state index in [-0.39, 0.29) is 11.6 Å². The summed E-state index contributed by atoms with van der Waals surface area (Å²) in [5, 5.41) is 7.87. The third-order valence-electron chi connectivity index (χ3n) is 9.29. The zero-order chi connectivity index (χ0) is 31.9. The second kappa shape index (κ2) is 10.2. The van der Waals surface area contributed by atoms with Gasteiger partial charge < -0.3 is 9.73 Å². The number of rotatable bonds is 3. The standard InChI is InChI=1S/C41H23N3O3S/c45-35-25-13-4-5-14-26(25)36(46)29-20-23(18-19-27(29)35)40-42-39(22-10-2-1-3-11-22)43-41(44-40)31-21-30-24-12-6-8-16-32(24)47-37(30)34-28-15-7-9-17-33(28)48-38(31)34/h1-21,39H,(H,42,43,44). The lowest BCUT2D eigenvalue weighted by Crippen LogP contribution is -2.33. The van der Waals surface area contributed by atoms with Gasteiger partial charge in [-0.15, -0.1) is 11.3 Å². The maximum Gasteiger partial charge on any atom is 0.194 e. The van der Waals surface area contributed by atoms with Crippen molar-refractivity contribution < 1.29 is 14.0 Å². The fourth-order valence-corrected chi connectivity index (χ4v) is 8.22. The second-order valence-electron chi connectivity index (χ2n) is 12.0. The zero-order valence-electron chi connectivity index (χ0n) is 25.2. The highest BCUT2D eigenvalue weighted by molar-refractivity contribution is 7.26. The van der Waals surface area contributed by atoms with Gasteiger partial charge >= 0.3 is 0 Å². The molecule has 1 unspecified atom stereocenters. The molecule has 226 valence electrons. The number of hydrogen-bond acceptors (Lipinski definition) is 7. The summed E-state index contributed by atoms with van der Waals surface area (Å²) in [6, 6.07) is 41.0. The lowest BCUT2D eigenvalue weighted by Gasteiger charge is -2.24. The van der Waals surface area contributed by atoms with Crippen LogP contribution in [0, 0.1) is 0 Å². The lowest BCUT2D eigenvalue weighted by molar-refractivity contribution is 0.0979. The molecule has 0 fully saturated rings. The highest BCUT2D eigenvalue weighted by Crippen LogP contribution is 2.44. The summed E-state index contributed by atoms with van der Waals surface area (Å²) in [5.41, 5.74) is 5.87. The number of benzene rings is 6. The summed E-state index contributed by atoms with van der Waals surface area (Å²) >= 11 is 1.71. The van der Waals surface area contributed by atoms with Crippen molar-refractivity contribution in [3.05, 3.63) is 166 Å². The average Bonchev–Trinajstić information content (AvgIpc) is 3.72. The van der Waals surface area contributed by atoms with Crippen LogP contribution in [0.15, 0.2) is 142 Å². The number of carbonyl (C=O) groups excluding carboxylic acids is 2. The van der Waals surface area contributed by atoms with Gasteiger partial charge in [0.05, 0.1) is 4.70 Å². The number of carbonyl (C=O) groups is 2. The monoisotopic (exact) mass is 637 g/mol. The Hall–Kier alpha value is -6.18. The lowest BCUT2D eigenvalue weighted by atomic mass is 9.83. The molecule has 6 nitrogen and oxygen atoms in total. The van der Waals surface area contributed by atoms with Gasteiger partial charge in [-0.2, -0.15) is 0 Å². The summed E-state index contributed by atoms with van der Waals surface area (Å²) in [7, 11) is 0. The van der Waals surface area contributed by atoms with Crippen molar-refractivity contribution in [3.63, 3.8) is 0 Å². The van der Waals surface area contributed by atoms with E-state index < -0.39 is 6.17 Å². The average molecular weight is 638 g/mol. The third kappa shape index (κ3) is 3.91. The van der Waals surface area contributed by atoms with E-state index in [4.69, 9.17) is 14.4 Å². The van der Waals surface area contributed by atoms with E-state index in [9.17, 15) is 9.59 Å². The molecule has 0 bridgehead atoms. The normalized spacial score (nSPS) is 15.8. The van der Waals surface area contributed by atoms with E-state index in [0.29, 0.717) is 39.5 Å². The Bertz CT molecular complexity index is 2750. The van der Waals surface area contributed by atoms with Crippen LogP contribution in [0.4, 0.5) is 0 Å². The third-order valence-corrected chi connectivity index (χ3v) is 10.5. The van der Waals surface area contributed by atoms with Gasteiger partial charge in [-0.25, -0.2) is 9.98 Å². The molecule has 2 aromatic heterocycles. The molecule has 8 aromatic rings. The number of hydrogen-bond donors (Lipinski definition) is 1. The van der Waals surface area contributed by atoms with Crippen molar-refractivity contribution in [1.29, 1.82) is 0 Å². The topological polar surface area (TPSA) is 84.0 Å². The summed E-state index contributed by atoms with van der Waals surface area (Å²) in [6.45, 7) is 0. The van der Waals surface area contributed by atoms with Gasteiger partial charge in [0.1, 0.15) is 23.2 Å². The Kier molecular flexibility index (Phi) is 5.71. The first-order chi connectivity index (χ1) is 23.6. The van der Waals surface area contributed by atoms with Crippen LogP contribution in [0.5, 0.6) is 0 Å². The van der Waals surface area contributed by atoms with Gasteiger partial charge in [0.25, 0.3) is 0 Å². The van der Waals surface area contributed by atoms with E-state index in [1.807, 2.05) is 54.6 Å². The molecule has 0 spiro atoms. The first-order valence-electron chi connectivity index (χ1n) is 15.7. The second-order valence-corrected chi connectivity index (χ2v) is 13.1. The van der Waals surface area contributed by atoms with E-state index >= 15 is 0 Å². The highest BCUT2D eigenvalue weighted by Gasteiger charge is 2.31. The minimum atomic E-state index is -0.441. The van der Waals surface area contributed by atoms with Crippen LogP contribution >= 0.6 is 11.3 Å². The summed E-state index contributed by atoms with van der Waals surface area (Å²) < 4.78 is 8.73. The molecule has 1 aliphatic heterocycles. The molecular weight excluding hydrogens is 615 g/mol. The number of amidine groups is 2. The smallest absolute Gasteiger partial charge is 0.194 e. The molecule has 0 saturated heterocycles. The summed E-state index contributed by atoms with van der Waals surface area (Å²) in [6.07, 6.45) is -0.441. The fraction of sp³-hybridized carbons (Fsp3) is 0.0244. The number of aliphatic imine (C=N–C) groups is 2. The van der Waals surface area contributed by atoms with E-state index in [1.165, 1.54) is 0 Å². The number of para-hydroxylation sites is 1. The van der Waals surface area contributed by atoms with Crippen LogP contribution in [-0.2, 0) is 0 Å². The minimum absolute atomic E-state index is 0.154. The maximum atomic E-state index is 13.7.